The lowest BCUT2D eigenvalue weighted by atomic mass is 9.82. The van der Waals surface area contributed by atoms with E-state index in [-0.39, 0.29) is 17.7 Å². The van der Waals surface area contributed by atoms with E-state index in [9.17, 15) is 24.3 Å². The average Bonchev–Trinajstić information content (AvgIpc) is 3.20. The number of allylic oxidation sites excluding steroid dienone is 2. The summed E-state index contributed by atoms with van der Waals surface area (Å²) < 4.78 is 0. The molecule has 1 saturated carbocycles. The topological polar surface area (TPSA) is 125 Å². The van der Waals surface area contributed by atoms with E-state index in [1.165, 1.54) is 19.1 Å². The molecular formula is C18H19N3O5. The van der Waals surface area contributed by atoms with Gasteiger partial charge in [0.05, 0.1) is 11.8 Å². The zero-order valence-corrected chi connectivity index (χ0v) is 14.1. The Kier molecular flexibility index (Phi) is 4.75. The van der Waals surface area contributed by atoms with Crippen LogP contribution in [0.15, 0.2) is 36.4 Å². The van der Waals surface area contributed by atoms with Crippen molar-refractivity contribution in [2.45, 2.75) is 13.3 Å². The van der Waals surface area contributed by atoms with E-state index in [1.807, 2.05) is 12.2 Å². The number of fused-ring (bicyclic) bond motifs is 2. The van der Waals surface area contributed by atoms with Crippen molar-refractivity contribution in [3.8, 4) is 0 Å². The van der Waals surface area contributed by atoms with Crippen LogP contribution in [0.4, 0.5) is 5.69 Å². The molecule has 26 heavy (non-hydrogen) atoms. The molecule has 0 radical (unpaired) electrons. The minimum atomic E-state index is -0.998. The number of carboxylic acids is 1. The maximum Gasteiger partial charge on any atom is 0.307 e. The third-order valence-electron chi connectivity index (χ3n) is 4.81. The van der Waals surface area contributed by atoms with Gasteiger partial charge in [0.2, 0.25) is 11.8 Å². The quantitative estimate of drug-likeness (QED) is 0.471. The van der Waals surface area contributed by atoms with Crippen molar-refractivity contribution in [3.63, 3.8) is 0 Å². The van der Waals surface area contributed by atoms with Gasteiger partial charge >= 0.3 is 5.97 Å². The molecule has 0 unspecified atom stereocenters. The number of benzene rings is 1. The smallest absolute Gasteiger partial charge is 0.307 e. The van der Waals surface area contributed by atoms with E-state index < -0.39 is 29.6 Å². The number of rotatable bonds is 4. The summed E-state index contributed by atoms with van der Waals surface area (Å²) in [5.74, 6) is -3.95. The summed E-state index contributed by atoms with van der Waals surface area (Å²) in [6.45, 7) is 1.38. The molecule has 4 atom stereocenters. The molecular weight excluding hydrogens is 338 g/mol. The van der Waals surface area contributed by atoms with Crippen molar-refractivity contribution < 1.29 is 24.3 Å². The van der Waals surface area contributed by atoms with Crippen molar-refractivity contribution in [2.24, 2.45) is 23.7 Å². The van der Waals surface area contributed by atoms with E-state index in [1.54, 1.807) is 12.1 Å². The zero-order chi connectivity index (χ0) is 18.8. The van der Waals surface area contributed by atoms with Crippen LogP contribution in [-0.2, 0) is 14.4 Å². The molecule has 1 aromatic carbocycles. The second-order valence-electron chi connectivity index (χ2n) is 6.54. The Morgan fingerprint density at radius 1 is 0.962 bits per heavy atom. The highest BCUT2D eigenvalue weighted by molar-refractivity contribution is 5.97. The van der Waals surface area contributed by atoms with Gasteiger partial charge in [0.15, 0.2) is 0 Å². The van der Waals surface area contributed by atoms with E-state index >= 15 is 0 Å². The van der Waals surface area contributed by atoms with Crippen LogP contribution in [0.5, 0.6) is 0 Å². The Morgan fingerprint density at radius 2 is 1.58 bits per heavy atom. The molecule has 136 valence electrons. The maximum atomic E-state index is 12.4. The molecule has 0 saturated heterocycles. The highest BCUT2D eigenvalue weighted by atomic mass is 16.4. The molecule has 8 heteroatoms. The number of hydrogen-bond donors (Lipinski definition) is 4. The standard InChI is InChI=1S/C18H19N3O5/c1-9(22)19-13-6-4-10(5-7-13)16(23)20-21-17(24)14-11-2-3-12(8-11)15(14)18(25)26/h2-7,11-12,14-15H,8H2,1H3,(H,19,22)(H,20,23)(H,21,24)(H,25,26)/t11-,12-,14-,15-/m0/s1. The molecule has 0 heterocycles. The SMILES string of the molecule is CC(=O)Nc1ccc(C(=O)NNC(=O)[C@@H]2[C@@H](C(=O)O)[C@H]3C=C[C@H]2C3)cc1. The molecule has 3 rings (SSSR count). The van der Waals surface area contributed by atoms with Gasteiger partial charge in [0.25, 0.3) is 5.91 Å². The lowest BCUT2D eigenvalue weighted by Gasteiger charge is -2.23. The van der Waals surface area contributed by atoms with Crippen molar-refractivity contribution >= 4 is 29.4 Å². The monoisotopic (exact) mass is 357 g/mol. The first-order valence-corrected chi connectivity index (χ1v) is 8.26. The number of amides is 3. The Hall–Kier alpha value is -3.16. The number of carboxylic acid groups (broad SMARTS) is 1. The fourth-order valence-corrected chi connectivity index (χ4v) is 3.70. The molecule has 0 aliphatic heterocycles. The maximum absolute atomic E-state index is 12.4. The highest BCUT2D eigenvalue weighted by Gasteiger charge is 2.51. The second-order valence-corrected chi connectivity index (χ2v) is 6.54. The van der Waals surface area contributed by atoms with Crippen LogP contribution in [0.2, 0.25) is 0 Å². The third kappa shape index (κ3) is 3.44. The van der Waals surface area contributed by atoms with E-state index in [0.29, 0.717) is 17.7 Å². The number of aliphatic carboxylic acids is 1. The normalized spacial score (nSPS) is 25.6. The summed E-state index contributed by atoms with van der Waals surface area (Å²) in [6, 6.07) is 6.15. The molecule has 1 aromatic rings. The zero-order valence-electron chi connectivity index (χ0n) is 14.1. The highest BCUT2D eigenvalue weighted by Crippen LogP contribution is 2.48. The minimum absolute atomic E-state index is 0.116. The van der Waals surface area contributed by atoms with Crippen LogP contribution in [-0.4, -0.2) is 28.8 Å². The predicted octanol–water partition coefficient (Wildman–Crippen LogP) is 0.929. The van der Waals surface area contributed by atoms with Crippen LogP contribution in [0, 0.1) is 23.7 Å². The van der Waals surface area contributed by atoms with Gasteiger partial charge in [-0.05, 0) is 42.5 Å². The van der Waals surface area contributed by atoms with Crippen LogP contribution < -0.4 is 16.2 Å². The summed E-state index contributed by atoms with van der Waals surface area (Å²) in [7, 11) is 0. The van der Waals surface area contributed by atoms with Crippen LogP contribution in [0.1, 0.15) is 23.7 Å². The summed E-state index contributed by atoms with van der Waals surface area (Å²) in [5, 5.41) is 12.0. The van der Waals surface area contributed by atoms with Crippen molar-refractivity contribution in [1.29, 1.82) is 0 Å². The average molecular weight is 357 g/mol. The molecule has 0 spiro atoms. The second kappa shape index (κ2) is 6.99. The van der Waals surface area contributed by atoms with E-state index in [0.717, 1.165) is 0 Å². The number of carbonyl (C=O) groups is 4. The minimum Gasteiger partial charge on any atom is -0.481 e. The van der Waals surface area contributed by atoms with Gasteiger partial charge in [-0.1, -0.05) is 12.2 Å². The molecule has 2 aliphatic rings. The lowest BCUT2D eigenvalue weighted by Crippen LogP contribution is -2.48. The van der Waals surface area contributed by atoms with Crippen LogP contribution >= 0.6 is 0 Å². The predicted molar refractivity (Wildman–Crippen MR) is 91.7 cm³/mol. The molecule has 4 N–H and O–H groups in total. The Morgan fingerprint density at radius 3 is 2.15 bits per heavy atom. The molecule has 2 bridgehead atoms. The van der Waals surface area contributed by atoms with E-state index in [2.05, 4.69) is 16.2 Å². The Bertz CT molecular complexity index is 787. The molecule has 0 aromatic heterocycles. The molecule has 3 amide bonds. The summed E-state index contributed by atoms with van der Waals surface area (Å²) in [5.41, 5.74) is 5.49. The van der Waals surface area contributed by atoms with Crippen molar-refractivity contribution in [1.82, 2.24) is 10.9 Å². The van der Waals surface area contributed by atoms with Gasteiger partial charge in [0.1, 0.15) is 0 Å². The first-order valence-electron chi connectivity index (χ1n) is 8.26. The van der Waals surface area contributed by atoms with Crippen LogP contribution in [0.25, 0.3) is 0 Å². The Balaban J connectivity index is 1.59. The first kappa shape index (κ1) is 17.7. The van der Waals surface area contributed by atoms with Gasteiger partial charge in [-0.2, -0.15) is 0 Å². The molecule has 2 aliphatic carbocycles. The van der Waals surface area contributed by atoms with Crippen molar-refractivity contribution in [3.05, 3.63) is 42.0 Å². The fraction of sp³-hybridized carbons (Fsp3) is 0.333. The van der Waals surface area contributed by atoms with Gasteiger partial charge < -0.3 is 10.4 Å². The Labute approximate surface area is 149 Å². The lowest BCUT2D eigenvalue weighted by molar-refractivity contribution is -0.148. The number of carbonyl (C=O) groups excluding carboxylic acids is 3. The summed E-state index contributed by atoms with van der Waals surface area (Å²) >= 11 is 0. The first-order chi connectivity index (χ1) is 12.4. The summed E-state index contributed by atoms with van der Waals surface area (Å²) in [4.78, 5) is 46.9. The number of hydrazine groups is 1. The number of nitrogens with one attached hydrogen (secondary N) is 3. The fourth-order valence-electron chi connectivity index (χ4n) is 3.70. The van der Waals surface area contributed by atoms with E-state index in [4.69, 9.17) is 0 Å². The third-order valence-corrected chi connectivity index (χ3v) is 4.81. The number of anilines is 1. The van der Waals surface area contributed by atoms with Gasteiger partial charge in [-0.3, -0.25) is 30.0 Å². The van der Waals surface area contributed by atoms with Crippen molar-refractivity contribution in [2.75, 3.05) is 5.32 Å². The summed E-state index contributed by atoms with van der Waals surface area (Å²) in [6.07, 6.45) is 4.37. The van der Waals surface area contributed by atoms with Gasteiger partial charge in [-0.25, -0.2) is 0 Å². The van der Waals surface area contributed by atoms with Crippen LogP contribution in [0.3, 0.4) is 0 Å². The molecule has 1 fully saturated rings. The van der Waals surface area contributed by atoms with Gasteiger partial charge in [0, 0.05) is 18.2 Å². The largest absolute Gasteiger partial charge is 0.481 e. The van der Waals surface area contributed by atoms with Gasteiger partial charge in [-0.15, -0.1) is 0 Å². The number of hydrogen-bond acceptors (Lipinski definition) is 4. The molecule has 8 nitrogen and oxygen atoms in total.